The van der Waals surface area contributed by atoms with Gasteiger partial charge in [0.2, 0.25) is 0 Å². The van der Waals surface area contributed by atoms with Crippen LogP contribution < -0.4 is 4.74 Å². The number of methoxy groups -OCH3 is 1. The first-order valence-electron chi connectivity index (χ1n) is 9.22. The maximum Gasteiger partial charge on any atom is 0.268 e. The zero-order valence-electron chi connectivity index (χ0n) is 16.1. The van der Waals surface area contributed by atoms with E-state index in [9.17, 15) is 9.59 Å². The minimum Gasteiger partial charge on any atom is -0.497 e. The molecule has 0 saturated heterocycles. The van der Waals surface area contributed by atoms with Crippen LogP contribution in [0.25, 0.3) is 5.57 Å². The molecule has 0 unspecified atom stereocenters. The fourth-order valence-electron chi connectivity index (χ4n) is 3.18. The predicted molar refractivity (Wildman–Crippen MR) is 117 cm³/mol. The van der Waals surface area contributed by atoms with Crippen molar-refractivity contribution in [1.29, 1.82) is 0 Å². The predicted octanol–water partition coefficient (Wildman–Crippen LogP) is 5.16. The van der Waals surface area contributed by atoms with Gasteiger partial charge in [-0.1, -0.05) is 41.9 Å². The molecule has 0 saturated carbocycles. The Morgan fingerprint density at radius 1 is 1.00 bits per heavy atom. The molecular weight excluding hydrogens is 422 g/mol. The molecule has 0 radical (unpaired) electrons. The number of imide groups is 1. The van der Waals surface area contributed by atoms with Gasteiger partial charge in [0.1, 0.15) is 11.5 Å². The minimum absolute atomic E-state index is 0.113. The molecule has 0 atom stereocenters. The fourth-order valence-corrected chi connectivity index (χ4v) is 4.41. The number of halogens is 1. The molecule has 3 aromatic rings. The highest BCUT2D eigenvalue weighted by Gasteiger charge is 2.39. The lowest BCUT2D eigenvalue weighted by Gasteiger charge is -2.16. The number of benzene rings is 2. The molecule has 0 spiro atoms. The Labute approximate surface area is 183 Å². The van der Waals surface area contributed by atoms with Gasteiger partial charge in [-0.25, -0.2) is 0 Å². The molecule has 1 aromatic heterocycles. The van der Waals surface area contributed by atoms with Gasteiger partial charge in [0.15, 0.2) is 0 Å². The van der Waals surface area contributed by atoms with E-state index in [1.807, 2.05) is 24.3 Å². The third kappa shape index (κ3) is 4.01. The summed E-state index contributed by atoms with van der Waals surface area (Å²) in [7, 11) is 1.58. The van der Waals surface area contributed by atoms with Crippen LogP contribution in [-0.4, -0.2) is 23.8 Å². The van der Waals surface area contributed by atoms with E-state index < -0.39 is 0 Å². The van der Waals surface area contributed by atoms with Crippen LogP contribution >= 0.6 is 23.4 Å². The van der Waals surface area contributed by atoms with Gasteiger partial charge in [0.05, 0.1) is 36.1 Å². The lowest BCUT2D eigenvalue weighted by molar-refractivity contribution is -0.137. The number of amides is 2. The summed E-state index contributed by atoms with van der Waals surface area (Å²) in [5.41, 5.74) is 1.76. The third-order valence-corrected chi connectivity index (χ3v) is 6.19. The second-order valence-electron chi connectivity index (χ2n) is 6.59. The van der Waals surface area contributed by atoms with Gasteiger partial charge in [0.25, 0.3) is 11.8 Å². The average molecular weight is 440 g/mol. The SMILES string of the molecule is COc1ccc(C2=C(SCc3ccco3)C(=O)N(Cc3ccccc3Cl)C2=O)cc1. The van der Waals surface area contributed by atoms with E-state index in [4.69, 9.17) is 20.8 Å². The summed E-state index contributed by atoms with van der Waals surface area (Å²) in [6, 6.07) is 17.9. The Morgan fingerprint density at radius 3 is 2.43 bits per heavy atom. The summed E-state index contributed by atoms with van der Waals surface area (Å²) in [4.78, 5) is 28.2. The zero-order chi connectivity index (χ0) is 21.1. The molecular formula is C23H18ClNO4S. The smallest absolute Gasteiger partial charge is 0.268 e. The second kappa shape index (κ2) is 8.81. The van der Waals surface area contributed by atoms with Crippen molar-refractivity contribution in [1.82, 2.24) is 4.90 Å². The van der Waals surface area contributed by atoms with Crippen molar-refractivity contribution in [2.24, 2.45) is 0 Å². The fraction of sp³-hybridized carbons (Fsp3) is 0.130. The number of carbonyl (C=O) groups is 2. The van der Waals surface area contributed by atoms with E-state index in [0.29, 0.717) is 38.1 Å². The second-order valence-corrected chi connectivity index (χ2v) is 7.98. The van der Waals surface area contributed by atoms with Crippen LogP contribution in [0.1, 0.15) is 16.9 Å². The largest absolute Gasteiger partial charge is 0.497 e. The van der Waals surface area contributed by atoms with Crippen molar-refractivity contribution in [3.63, 3.8) is 0 Å². The average Bonchev–Trinajstić information content (AvgIpc) is 3.36. The summed E-state index contributed by atoms with van der Waals surface area (Å²) >= 11 is 7.55. The molecule has 2 heterocycles. The Hall–Kier alpha value is -2.96. The molecule has 0 bridgehead atoms. The van der Waals surface area contributed by atoms with Gasteiger partial charge in [-0.3, -0.25) is 14.5 Å². The van der Waals surface area contributed by atoms with Crippen LogP contribution in [0.3, 0.4) is 0 Å². The lowest BCUT2D eigenvalue weighted by atomic mass is 10.1. The lowest BCUT2D eigenvalue weighted by Crippen LogP contribution is -2.31. The molecule has 2 aromatic carbocycles. The number of hydrogen-bond donors (Lipinski definition) is 0. The van der Waals surface area contributed by atoms with Crippen LogP contribution in [0.5, 0.6) is 5.75 Å². The Kier molecular flexibility index (Phi) is 5.97. The number of hydrogen-bond acceptors (Lipinski definition) is 5. The van der Waals surface area contributed by atoms with Gasteiger partial charge in [-0.2, -0.15) is 0 Å². The van der Waals surface area contributed by atoms with Gasteiger partial charge in [-0.15, -0.1) is 11.8 Å². The summed E-state index contributed by atoms with van der Waals surface area (Å²) in [6.45, 7) is 0.113. The number of thioether (sulfide) groups is 1. The van der Waals surface area contributed by atoms with Crippen molar-refractivity contribution in [3.8, 4) is 5.75 Å². The van der Waals surface area contributed by atoms with Crippen molar-refractivity contribution >= 4 is 40.8 Å². The van der Waals surface area contributed by atoms with Crippen molar-refractivity contribution < 1.29 is 18.7 Å². The molecule has 152 valence electrons. The molecule has 1 aliphatic heterocycles. The number of rotatable bonds is 7. The van der Waals surface area contributed by atoms with Crippen LogP contribution in [-0.2, 0) is 21.9 Å². The summed E-state index contributed by atoms with van der Waals surface area (Å²) in [5.74, 6) is 1.18. The Bertz CT molecular complexity index is 1110. The molecule has 0 fully saturated rings. The first-order valence-corrected chi connectivity index (χ1v) is 10.6. The highest BCUT2D eigenvalue weighted by Crippen LogP contribution is 2.39. The van der Waals surface area contributed by atoms with Gasteiger partial charge in [0, 0.05) is 5.02 Å². The highest BCUT2D eigenvalue weighted by atomic mass is 35.5. The summed E-state index contributed by atoms with van der Waals surface area (Å²) < 4.78 is 10.6. The maximum atomic E-state index is 13.3. The van der Waals surface area contributed by atoms with Crippen LogP contribution in [0.15, 0.2) is 76.2 Å². The van der Waals surface area contributed by atoms with E-state index in [-0.39, 0.29) is 18.4 Å². The first-order chi connectivity index (χ1) is 14.6. The number of nitrogens with zero attached hydrogens (tertiary/aromatic N) is 1. The van der Waals surface area contributed by atoms with Crippen molar-refractivity contribution in [2.45, 2.75) is 12.3 Å². The topological polar surface area (TPSA) is 59.8 Å². The van der Waals surface area contributed by atoms with Crippen LogP contribution in [0.4, 0.5) is 0 Å². The Balaban J connectivity index is 1.68. The number of ether oxygens (including phenoxy) is 1. The molecule has 1 aliphatic rings. The van der Waals surface area contributed by atoms with Crippen LogP contribution in [0, 0.1) is 0 Å². The maximum absolute atomic E-state index is 13.3. The van der Waals surface area contributed by atoms with E-state index in [1.165, 1.54) is 16.7 Å². The molecule has 2 amide bonds. The Morgan fingerprint density at radius 2 is 1.77 bits per heavy atom. The normalized spacial score (nSPS) is 14.0. The van der Waals surface area contributed by atoms with E-state index in [0.717, 1.165) is 5.76 Å². The number of furan rings is 1. The standard InChI is InChI=1S/C23H18ClNO4S/c1-28-17-10-8-15(9-11-17)20-21(30-14-18-6-4-12-29-18)23(27)25(22(20)26)13-16-5-2-3-7-19(16)24/h2-12H,13-14H2,1H3. The quantitative estimate of drug-likeness (QED) is 0.476. The summed E-state index contributed by atoms with van der Waals surface area (Å²) in [5, 5.41) is 0.515. The van der Waals surface area contributed by atoms with Crippen molar-refractivity contribution in [2.75, 3.05) is 7.11 Å². The van der Waals surface area contributed by atoms with Crippen LogP contribution in [0.2, 0.25) is 5.02 Å². The molecule has 7 heteroatoms. The molecule has 0 aliphatic carbocycles. The monoisotopic (exact) mass is 439 g/mol. The highest BCUT2D eigenvalue weighted by molar-refractivity contribution is 8.03. The van der Waals surface area contributed by atoms with E-state index in [2.05, 4.69) is 0 Å². The third-order valence-electron chi connectivity index (χ3n) is 4.73. The van der Waals surface area contributed by atoms with Gasteiger partial charge in [-0.05, 0) is 41.5 Å². The van der Waals surface area contributed by atoms with Crippen molar-refractivity contribution in [3.05, 3.63) is 93.7 Å². The van der Waals surface area contributed by atoms with E-state index in [1.54, 1.807) is 49.8 Å². The molecule has 30 heavy (non-hydrogen) atoms. The van der Waals surface area contributed by atoms with Gasteiger partial charge >= 0.3 is 0 Å². The summed E-state index contributed by atoms with van der Waals surface area (Å²) in [6.07, 6.45) is 1.58. The first kappa shape index (κ1) is 20.3. The molecule has 4 rings (SSSR count). The molecule has 0 N–H and O–H groups in total. The zero-order valence-corrected chi connectivity index (χ0v) is 17.7. The van der Waals surface area contributed by atoms with E-state index >= 15 is 0 Å². The minimum atomic E-state index is -0.341. The number of carbonyl (C=O) groups excluding carboxylic acids is 2. The molecule has 5 nitrogen and oxygen atoms in total. The van der Waals surface area contributed by atoms with Gasteiger partial charge < -0.3 is 9.15 Å².